The number of amides is 2. The largest absolute Gasteiger partial charge is 0.360 e. The molecular formula is C14H20N2O3. The Hall–Kier alpha value is -1.65. The first-order valence-electron chi connectivity index (χ1n) is 6.50. The van der Waals surface area contributed by atoms with Gasteiger partial charge in [-0.2, -0.15) is 0 Å². The van der Waals surface area contributed by atoms with E-state index in [0.717, 1.165) is 0 Å². The smallest absolute Gasteiger partial charge is 0.266 e. The lowest BCUT2D eigenvalue weighted by Gasteiger charge is -2.31. The van der Waals surface area contributed by atoms with E-state index in [1.54, 1.807) is 6.92 Å². The summed E-state index contributed by atoms with van der Waals surface area (Å²) in [5, 5.41) is 3.97. The number of fused-ring (bicyclic) bond motifs is 1. The van der Waals surface area contributed by atoms with Crippen LogP contribution in [0.1, 0.15) is 62.5 Å². The molecule has 0 unspecified atom stereocenters. The van der Waals surface area contributed by atoms with Crippen molar-refractivity contribution in [3.05, 3.63) is 17.0 Å². The Morgan fingerprint density at radius 1 is 1.37 bits per heavy atom. The van der Waals surface area contributed by atoms with Gasteiger partial charge in [-0.3, -0.25) is 14.5 Å². The van der Waals surface area contributed by atoms with Crippen LogP contribution in [-0.2, 0) is 4.79 Å². The predicted octanol–water partition coefficient (Wildman–Crippen LogP) is 2.71. The van der Waals surface area contributed by atoms with Gasteiger partial charge in [0.2, 0.25) is 5.91 Å². The van der Waals surface area contributed by atoms with Gasteiger partial charge in [0, 0.05) is 5.41 Å². The fraction of sp³-hybridized carbons (Fsp3) is 0.643. The van der Waals surface area contributed by atoms with E-state index in [0.29, 0.717) is 17.0 Å². The Morgan fingerprint density at radius 3 is 2.42 bits per heavy atom. The van der Waals surface area contributed by atoms with Crippen molar-refractivity contribution in [2.24, 2.45) is 11.3 Å². The van der Waals surface area contributed by atoms with E-state index in [1.165, 1.54) is 4.90 Å². The van der Waals surface area contributed by atoms with Crippen LogP contribution in [0, 0.1) is 18.3 Å². The van der Waals surface area contributed by atoms with Crippen LogP contribution in [0.4, 0.5) is 0 Å². The maximum absolute atomic E-state index is 12.5. The van der Waals surface area contributed by atoms with E-state index >= 15 is 0 Å². The summed E-state index contributed by atoms with van der Waals surface area (Å²) in [6.45, 7) is 11.1. The molecule has 19 heavy (non-hydrogen) atoms. The summed E-state index contributed by atoms with van der Waals surface area (Å²) in [5.74, 6) is 0.122. The number of carbonyl (C=O) groups is 2. The van der Waals surface area contributed by atoms with Crippen LogP contribution in [0.15, 0.2) is 4.52 Å². The zero-order chi connectivity index (χ0) is 14.5. The number of imide groups is 1. The first kappa shape index (κ1) is 13.8. The Labute approximate surface area is 112 Å². The summed E-state index contributed by atoms with van der Waals surface area (Å²) >= 11 is 0. The van der Waals surface area contributed by atoms with Gasteiger partial charge in [-0.15, -0.1) is 0 Å². The van der Waals surface area contributed by atoms with Crippen LogP contribution < -0.4 is 0 Å². The van der Waals surface area contributed by atoms with E-state index in [1.807, 2.05) is 34.6 Å². The minimum absolute atomic E-state index is 0.0981. The van der Waals surface area contributed by atoms with E-state index in [4.69, 9.17) is 4.52 Å². The van der Waals surface area contributed by atoms with Crippen LogP contribution in [0.2, 0.25) is 0 Å². The average molecular weight is 264 g/mol. The van der Waals surface area contributed by atoms with Gasteiger partial charge in [0.05, 0.1) is 6.04 Å². The van der Waals surface area contributed by atoms with Crippen molar-refractivity contribution < 1.29 is 14.1 Å². The van der Waals surface area contributed by atoms with Crippen molar-refractivity contribution in [2.75, 3.05) is 0 Å². The minimum atomic E-state index is -0.600. The molecule has 0 saturated carbocycles. The molecule has 5 nitrogen and oxygen atoms in total. The van der Waals surface area contributed by atoms with Gasteiger partial charge < -0.3 is 4.52 Å². The van der Waals surface area contributed by atoms with Crippen molar-refractivity contribution in [3.8, 4) is 0 Å². The minimum Gasteiger partial charge on any atom is -0.360 e. The Balaban J connectivity index is 2.52. The Bertz CT molecular complexity index is 537. The highest BCUT2D eigenvalue weighted by Crippen LogP contribution is 2.41. The third-order valence-corrected chi connectivity index (χ3v) is 3.37. The van der Waals surface area contributed by atoms with Crippen molar-refractivity contribution in [1.82, 2.24) is 10.1 Å². The van der Waals surface area contributed by atoms with Crippen molar-refractivity contribution in [1.29, 1.82) is 0 Å². The third kappa shape index (κ3) is 1.97. The van der Waals surface area contributed by atoms with E-state index < -0.39 is 5.41 Å². The third-order valence-electron chi connectivity index (χ3n) is 3.37. The molecule has 0 aromatic carbocycles. The van der Waals surface area contributed by atoms with Crippen LogP contribution in [0.3, 0.4) is 0 Å². The Morgan fingerprint density at radius 2 is 1.95 bits per heavy atom. The summed E-state index contributed by atoms with van der Waals surface area (Å²) < 4.78 is 5.09. The highest BCUT2D eigenvalue weighted by Gasteiger charge is 2.48. The monoisotopic (exact) mass is 264 g/mol. The second-order valence-electron chi connectivity index (χ2n) is 6.42. The summed E-state index contributed by atoms with van der Waals surface area (Å²) in [4.78, 5) is 26.4. The number of rotatable bonds is 1. The number of hydrogen-bond acceptors (Lipinski definition) is 4. The molecular weight excluding hydrogens is 244 g/mol. The molecule has 1 aromatic heterocycles. The average Bonchev–Trinajstić information content (AvgIpc) is 2.76. The molecule has 1 aromatic rings. The standard InChI is InChI=1S/C14H20N2O3/c1-7(2)11-10-9(8(3)19-15-10)12(17)16(11)13(18)14(4,5)6/h7,11H,1-6H3/t11-/m0/s1. The molecule has 1 aliphatic rings. The Kier molecular flexibility index (Phi) is 3.03. The fourth-order valence-electron chi connectivity index (χ4n) is 2.41. The molecule has 5 heteroatoms. The van der Waals surface area contributed by atoms with Crippen molar-refractivity contribution in [3.63, 3.8) is 0 Å². The molecule has 0 bridgehead atoms. The zero-order valence-corrected chi connectivity index (χ0v) is 12.3. The molecule has 0 saturated heterocycles. The van der Waals surface area contributed by atoms with Gasteiger partial charge in [0.15, 0.2) is 0 Å². The lowest BCUT2D eigenvalue weighted by atomic mass is 9.92. The molecule has 2 amide bonds. The van der Waals surface area contributed by atoms with Crippen LogP contribution in [0.25, 0.3) is 0 Å². The normalized spacial score (nSPS) is 19.2. The van der Waals surface area contributed by atoms with Crippen LogP contribution in [0.5, 0.6) is 0 Å². The lowest BCUT2D eigenvalue weighted by Crippen LogP contribution is -2.43. The number of aryl methyl sites for hydroxylation is 1. The van der Waals surface area contributed by atoms with Gasteiger partial charge in [-0.25, -0.2) is 0 Å². The number of carbonyl (C=O) groups excluding carboxylic acids is 2. The van der Waals surface area contributed by atoms with Crippen LogP contribution >= 0.6 is 0 Å². The van der Waals surface area contributed by atoms with Gasteiger partial charge in [0.25, 0.3) is 5.91 Å². The second kappa shape index (κ2) is 4.18. The molecule has 0 fully saturated rings. The molecule has 0 aliphatic carbocycles. The van der Waals surface area contributed by atoms with Gasteiger partial charge in [0.1, 0.15) is 17.0 Å². The van der Waals surface area contributed by atoms with Gasteiger partial charge in [-0.05, 0) is 12.8 Å². The first-order chi connectivity index (χ1) is 8.66. The predicted molar refractivity (Wildman–Crippen MR) is 69.5 cm³/mol. The highest BCUT2D eigenvalue weighted by molar-refractivity contribution is 6.10. The van der Waals surface area contributed by atoms with Gasteiger partial charge >= 0.3 is 0 Å². The van der Waals surface area contributed by atoms with Gasteiger partial charge in [-0.1, -0.05) is 39.8 Å². The van der Waals surface area contributed by atoms with Crippen molar-refractivity contribution in [2.45, 2.75) is 47.6 Å². The summed E-state index contributed by atoms with van der Waals surface area (Å²) in [6, 6.07) is -0.327. The summed E-state index contributed by atoms with van der Waals surface area (Å²) in [7, 11) is 0. The number of aromatic nitrogens is 1. The number of nitrogens with zero attached hydrogens (tertiary/aromatic N) is 2. The molecule has 104 valence electrons. The fourth-order valence-corrected chi connectivity index (χ4v) is 2.41. The van der Waals surface area contributed by atoms with E-state index in [9.17, 15) is 9.59 Å². The molecule has 1 atom stereocenters. The second-order valence-corrected chi connectivity index (χ2v) is 6.42. The summed E-state index contributed by atoms with van der Waals surface area (Å²) in [5.41, 5.74) is 0.448. The molecule has 0 N–H and O–H groups in total. The number of hydrogen-bond donors (Lipinski definition) is 0. The first-order valence-corrected chi connectivity index (χ1v) is 6.50. The van der Waals surface area contributed by atoms with E-state index in [2.05, 4.69) is 5.16 Å². The summed E-state index contributed by atoms with van der Waals surface area (Å²) in [6.07, 6.45) is 0. The lowest BCUT2D eigenvalue weighted by molar-refractivity contribution is -0.139. The molecule has 2 heterocycles. The van der Waals surface area contributed by atoms with Crippen molar-refractivity contribution >= 4 is 11.8 Å². The van der Waals surface area contributed by atoms with Crippen LogP contribution in [-0.4, -0.2) is 21.9 Å². The quantitative estimate of drug-likeness (QED) is 0.782. The molecule has 1 aliphatic heterocycles. The topological polar surface area (TPSA) is 63.4 Å². The SMILES string of the molecule is Cc1onc2c1C(=O)N(C(=O)C(C)(C)C)[C@H]2C(C)C. The molecule has 0 spiro atoms. The molecule has 2 rings (SSSR count). The molecule has 0 radical (unpaired) electrons. The zero-order valence-electron chi connectivity index (χ0n) is 12.3. The maximum atomic E-state index is 12.5. The van der Waals surface area contributed by atoms with E-state index in [-0.39, 0.29) is 23.8 Å². The highest BCUT2D eigenvalue weighted by atomic mass is 16.5. The maximum Gasteiger partial charge on any atom is 0.266 e.